The summed E-state index contributed by atoms with van der Waals surface area (Å²) < 4.78 is 0. The van der Waals surface area contributed by atoms with Crippen LogP contribution in [0, 0.1) is 0 Å². The molecule has 0 aliphatic rings. The Kier molecular flexibility index (Phi) is 8.38. The van der Waals surface area contributed by atoms with Crippen molar-refractivity contribution in [3.63, 3.8) is 0 Å². The molecular formula is C5H9NaO6. The minimum absolute atomic E-state index is 0. The molecule has 0 radical (unpaired) electrons. The van der Waals surface area contributed by atoms with Crippen LogP contribution in [0.25, 0.3) is 0 Å². The van der Waals surface area contributed by atoms with E-state index < -0.39 is 30.9 Å². The number of hydrogen-bond acceptors (Lipinski definition) is 6. The Morgan fingerprint density at radius 1 is 1.33 bits per heavy atom. The average Bonchev–Trinajstić information content (AvgIpc) is 2.00. The summed E-state index contributed by atoms with van der Waals surface area (Å²) in [6.07, 6.45) is -5.79. The molecule has 3 atom stereocenters. The van der Waals surface area contributed by atoms with Gasteiger partial charge in [0.2, 0.25) is 0 Å². The molecule has 0 amide bonds. The summed E-state index contributed by atoms with van der Waals surface area (Å²) >= 11 is 0. The summed E-state index contributed by atoms with van der Waals surface area (Å²) in [5.41, 5.74) is 0. The maximum absolute atomic E-state index is 9.85. The van der Waals surface area contributed by atoms with E-state index in [4.69, 9.17) is 20.4 Å². The van der Waals surface area contributed by atoms with Gasteiger partial charge in [0.15, 0.2) is 0 Å². The molecule has 0 saturated carbocycles. The van der Waals surface area contributed by atoms with E-state index in [1.54, 1.807) is 0 Å². The van der Waals surface area contributed by atoms with Gasteiger partial charge in [0, 0.05) is 0 Å². The second-order valence-corrected chi connectivity index (χ2v) is 2.00. The van der Waals surface area contributed by atoms with Gasteiger partial charge in [-0.25, -0.2) is 0 Å². The van der Waals surface area contributed by atoms with E-state index in [0.29, 0.717) is 0 Å². The fraction of sp³-hybridized carbons (Fsp3) is 0.800. The van der Waals surface area contributed by atoms with E-state index in [1.807, 2.05) is 0 Å². The molecule has 66 valence electrons. The number of aliphatic hydroxyl groups excluding tert-OH is 4. The number of aliphatic carboxylic acids is 1. The van der Waals surface area contributed by atoms with Crippen LogP contribution in [-0.4, -0.2) is 51.3 Å². The van der Waals surface area contributed by atoms with Crippen molar-refractivity contribution in [2.24, 2.45) is 0 Å². The molecule has 4 N–H and O–H groups in total. The third-order valence-electron chi connectivity index (χ3n) is 1.15. The van der Waals surface area contributed by atoms with Crippen molar-refractivity contribution in [1.82, 2.24) is 0 Å². The SMILES string of the molecule is O=C([O-])[C@H](O)[C@@H](O)[C@H](O)CO.[Na+]. The second-order valence-electron chi connectivity index (χ2n) is 2.00. The largest absolute Gasteiger partial charge is 1.00 e. The molecule has 7 heteroatoms. The van der Waals surface area contributed by atoms with Crippen LogP contribution in [0.3, 0.4) is 0 Å². The Hall–Kier alpha value is 0.310. The van der Waals surface area contributed by atoms with Gasteiger partial charge in [-0.1, -0.05) is 0 Å². The Morgan fingerprint density at radius 2 is 1.75 bits per heavy atom. The predicted molar refractivity (Wildman–Crippen MR) is 30.1 cm³/mol. The number of carbonyl (C=O) groups excluding carboxylic acids is 1. The quantitative estimate of drug-likeness (QED) is 0.325. The Labute approximate surface area is 90.7 Å². The van der Waals surface area contributed by atoms with Gasteiger partial charge >= 0.3 is 29.6 Å². The zero-order valence-electron chi connectivity index (χ0n) is 6.54. The Morgan fingerprint density at radius 3 is 2.00 bits per heavy atom. The number of carboxylic acids is 1. The van der Waals surface area contributed by atoms with E-state index in [0.717, 1.165) is 0 Å². The van der Waals surface area contributed by atoms with Gasteiger partial charge in [0.1, 0.15) is 18.3 Å². The van der Waals surface area contributed by atoms with Crippen molar-refractivity contribution in [1.29, 1.82) is 0 Å². The number of rotatable bonds is 4. The molecule has 0 aromatic heterocycles. The summed E-state index contributed by atoms with van der Waals surface area (Å²) in [6, 6.07) is 0. The van der Waals surface area contributed by atoms with Crippen LogP contribution in [0.4, 0.5) is 0 Å². The van der Waals surface area contributed by atoms with Crippen molar-refractivity contribution >= 4 is 5.97 Å². The van der Waals surface area contributed by atoms with Crippen LogP contribution >= 0.6 is 0 Å². The molecule has 0 fully saturated rings. The van der Waals surface area contributed by atoms with Gasteiger partial charge in [-0.2, -0.15) is 0 Å². The third-order valence-corrected chi connectivity index (χ3v) is 1.15. The topological polar surface area (TPSA) is 121 Å². The maximum atomic E-state index is 9.85. The first-order valence-electron chi connectivity index (χ1n) is 2.86. The average molecular weight is 188 g/mol. The normalized spacial score (nSPS) is 17.3. The number of hydrogen-bond donors (Lipinski definition) is 4. The molecule has 0 bridgehead atoms. The van der Waals surface area contributed by atoms with Crippen LogP contribution in [0.2, 0.25) is 0 Å². The second kappa shape index (κ2) is 6.79. The van der Waals surface area contributed by atoms with E-state index >= 15 is 0 Å². The molecule has 0 aliphatic carbocycles. The molecule has 0 saturated heterocycles. The van der Waals surface area contributed by atoms with Crippen LogP contribution in [0.5, 0.6) is 0 Å². The van der Waals surface area contributed by atoms with E-state index in [9.17, 15) is 9.90 Å². The van der Waals surface area contributed by atoms with Gasteiger partial charge in [-0.15, -0.1) is 0 Å². The molecule has 12 heavy (non-hydrogen) atoms. The summed E-state index contributed by atoms with van der Waals surface area (Å²) in [5, 5.41) is 43.8. The Balaban J connectivity index is 0. The smallest absolute Gasteiger partial charge is 0.547 e. The minimum Gasteiger partial charge on any atom is -0.547 e. The summed E-state index contributed by atoms with van der Waals surface area (Å²) in [5.74, 6) is -1.90. The van der Waals surface area contributed by atoms with Crippen molar-refractivity contribution in [2.45, 2.75) is 18.3 Å². The van der Waals surface area contributed by atoms with Gasteiger partial charge in [0.05, 0.1) is 12.6 Å². The molecule has 0 aromatic carbocycles. The van der Waals surface area contributed by atoms with Crippen LogP contribution < -0.4 is 34.7 Å². The number of aliphatic hydroxyl groups is 4. The molecule has 0 aromatic rings. The first-order valence-corrected chi connectivity index (χ1v) is 2.86. The van der Waals surface area contributed by atoms with Crippen LogP contribution in [-0.2, 0) is 4.79 Å². The molecular weight excluding hydrogens is 179 g/mol. The van der Waals surface area contributed by atoms with Crippen LogP contribution in [0.1, 0.15) is 0 Å². The van der Waals surface area contributed by atoms with Gasteiger partial charge in [0.25, 0.3) is 0 Å². The Bertz CT molecular complexity index is 140. The minimum atomic E-state index is -2.18. The zero-order chi connectivity index (χ0) is 9.02. The monoisotopic (exact) mass is 188 g/mol. The van der Waals surface area contributed by atoms with Crippen molar-refractivity contribution in [3.05, 3.63) is 0 Å². The van der Waals surface area contributed by atoms with Crippen molar-refractivity contribution < 1.29 is 59.9 Å². The van der Waals surface area contributed by atoms with Crippen molar-refractivity contribution in [3.8, 4) is 0 Å². The van der Waals surface area contributed by atoms with Crippen LogP contribution in [0.15, 0.2) is 0 Å². The van der Waals surface area contributed by atoms with E-state index in [-0.39, 0.29) is 29.6 Å². The molecule has 0 heterocycles. The number of carbonyl (C=O) groups is 1. The first-order chi connectivity index (χ1) is 5.00. The molecule has 0 unspecified atom stereocenters. The first kappa shape index (κ1) is 14.8. The molecule has 0 aliphatic heterocycles. The fourth-order valence-corrected chi connectivity index (χ4v) is 0.458. The fourth-order valence-electron chi connectivity index (χ4n) is 0.458. The van der Waals surface area contributed by atoms with E-state index in [1.165, 1.54) is 0 Å². The summed E-state index contributed by atoms with van der Waals surface area (Å²) in [7, 11) is 0. The molecule has 6 nitrogen and oxygen atoms in total. The third kappa shape index (κ3) is 4.36. The van der Waals surface area contributed by atoms with Gasteiger partial charge < -0.3 is 30.3 Å². The van der Waals surface area contributed by atoms with Gasteiger partial charge in [-0.05, 0) is 0 Å². The van der Waals surface area contributed by atoms with Gasteiger partial charge in [-0.3, -0.25) is 0 Å². The van der Waals surface area contributed by atoms with E-state index in [2.05, 4.69) is 0 Å². The molecule has 0 rings (SSSR count). The number of carboxylic acid groups (broad SMARTS) is 1. The standard InChI is InChI=1S/C5H10O6.Na/c6-1-2(7)3(8)4(9)5(10)11;/h2-4,6-9H,1H2,(H,10,11);/q;+1/p-1/t2-,3+,4-;/m1./s1. The maximum Gasteiger partial charge on any atom is 1.00 e. The summed E-state index contributed by atoms with van der Waals surface area (Å²) in [4.78, 5) is 9.85. The predicted octanol–water partition coefficient (Wildman–Crippen LogP) is -7.18. The zero-order valence-corrected chi connectivity index (χ0v) is 8.54. The molecule has 0 spiro atoms. The summed E-state index contributed by atoms with van der Waals surface area (Å²) in [6.45, 7) is -0.828. The van der Waals surface area contributed by atoms with Crippen molar-refractivity contribution in [2.75, 3.05) is 6.61 Å².